The Balaban J connectivity index is 1.58. The van der Waals surface area contributed by atoms with Crippen LogP contribution in [0, 0.1) is 0 Å². The summed E-state index contributed by atoms with van der Waals surface area (Å²) in [5.74, 6) is 0.654. The van der Waals surface area contributed by atoms with Crippen molar-refractivity contribution in [1.82, 2.24) is 13.9 Å². The molecule has 0 amide bonds. The predicted octanol–water partition coefficient (Wildman–Crippen LogP) is 3.60. The minimum Gasteiger partial charge on any atom is -0.497 e. The molecule has 0 radical (unpaired) electrons. The predicted molar refractivity (Wildman–Crippen MR) is 120 cm³/mol. The Hall–Kier alpha value is -2.91. The van der Waals surface area contributed by atoms with Gasteiger partial charge in [0.2, 0.25) is 10.0 Å². The molecule has 1 fully saturated rings. The summed E-state index contributed by atoms with van der Waals surface area (Å²) >= 11 is 0. The SMILES string of the molecule is CCn1c(COC(=O)c2cccc(OC)c2)nc2cc(S(=O)(=O)N3CCCCC3)ccc21. The van der Waals surface area contributed by atoms with Crippen LogP contribution in [0.25, 0.3) is 11.0 Å². The number of rotatable bonds is 7. The molecule has 0 aliphatic carbocycles. The van der Waals surface area contributed by atoms with Crippen molar-refractivity contribution in [1.29, 1.82) is 0 Å². The number of aryl methyl sites for hydroxylation is 1. The quantitative estimate of drug-likeness (QED) is 0.504. The van der Waals surface area contributed by atoms with Crippen LogP contribution in [-0.4, -0.2) is 48.4 Å². The zero-order valence-corrected chi connectivity index (χ0v) is 19.1. The molecule has 1 aliphatic heterocycles. The Morgan fingerprint density at radius 1 is 1.09 bits per heavy atom. The third kappa shape index (κ3) is 4.35. The highest BCUT2D eigenvalue weighted by Crippen LogP contribution is 2.25. The lowest BCUT2D eigenvalue weighted by Gasteiger charge is -2.25. The number of methoxy groups -OCH3 is 1. The molecule has 0 N–H and O–H groups in total. The van der Waals surface area contributed by atoms with Gasteiger partial charge in [-0.2, -0.15) is 4.31 Å². The van der Waals surface area contributed by atoms with E-state index in [1.165, 1.54) is 7.11 Å². The zero-order valence-electron chi connectivity index (χ0n) is 18.3. The Labute approximate surface area is 187 Å². The molecule has 8 nitrogen and oxygen atoms in total. The standard InChI is InChI=1S/C23H27N3O5S/c1-3-26-21-11-10-19(32(28,29)25-12-5-4-6-13-25)15-20(21)24-22(26)16-31-23(27)17-8-7-9-18(14-17)30-2/h7-11,14-15H,3-6,12-13,16H2,1-2H3. The second-order valence-corrected chi connectivity index (χ2v) is 9.63. The van der Waals surface area contributed by atoms with E-state index in [-0.39, 0.29) is 11.5 Å². The molecular formula is C23H27N3O5S. The summed E-state index contributed by atoms with van der Waals surface area (Å²) in [5, 5.41) is 0. The number of ether oxygens (including phenoxy) is 2. The van der Waals surface area contributed by atoms with Gasteiger partial charge >= 0.3 is 5.97 Å². The van der Waals surface area contributed by atoms with Crippen LogP contribution >= 0.6 is 0 Å². The van der Waals surface area contributed by atoms with E-state index in [1.54, 1.807) is 46.8 Å². The van der Waals surface area contributed by atoms with Crippen molar-refractivity contribution < 1.29 is 22.7 Å². The first kappa shape index (κ1) is 22.3. The van der Waals surface area contributed by atoms with Crippen LogP contribution in [-0.2, 0) is 27.9 Å². The largest absolute Gasteiger partial charge is 0.497 e. The van der Waals surface area contributed by atoms with Crippen LogP contribution in [0.1, 0.15) is 42.4 Å². The van der Waals surface area contributed by atoms with Crippen LogP contribution in [0.3, 0.4) is 0 Å². The third-order valence-corrected chi connectivity index (χ3v) is 7.60. The molecule has 32 heavy (non-hydrogen) atoms. The van der Waals surface area contributed by atoms with E-state index in [4.69, 9.17) is 9.47 Å². The highest BCUT2D eigenvalue weighted by molar-refractivity contribution is 7.89. The summed E-state index contributed by atoms with van der Waals surface area (Å²) in [6, 6.07) is 11.8. The normalized spacial score (nSPS) is 15.1. The van der Waals surface area contributed by atoms with Crippen molar-refractivity contribution in [3.63, 3.8) is 0 Å². The zero-order chi connectivity index (χ0) is 22.7. The molecule has 1 aromatic heterocycles. The lowest BCUT2D eigenvalue weighted by molar-refractivity contribution is 0.0458. The minimum absolute atomic E-state index is 0.0211. The van der Waals surface area contributed by atoms with Crippen molar-refractivity contribution in [2.24, 2.45) is 0 Å². The molecule has 4 rings (SSSR count). The van der Waals surface area contributed by atoms with Crippen LogP contribution in [0.15, 0.2) is 47.4 Å². The number of imidazole rings is 1. The van der Waals surface area contributed by atoms with Gasteiger partial charge in [0, 0.05) is 19.6 Å². The van der Waals surface area contributed by atoms with E-state index in [0.717, 1.165) is 24.8 Å². The lowest BCUT2D eigenvalue weighted by atomic mass is 10.2. The Morgan fingerprint density at radius 3 is 2.59 bits per heavy atom. The monoisotopic (exact) mass is 457 g/mol. The maximum atomic E-state index is 13.0. The Kier molecular flexibility index (Phi) is 6.48. The molecule has 0 unspecified atom stereocenters. The number of hydrogen-bond acceptors (Lipinski definition) is 6. The third-order valence-electron chi connectivity index (χ3n) is 5.71. The van der Waals surface area contributed by atoms with Gasteiger partial charge < -0.3 is 14.0 Å². The van der Waals surface area contributed by atoms with Gasteiger partial charge in [0.05, 0.1) is 28.6 Å². The van der Waals surface area contributed by atoms with Gasteiger partial charge in [-0.3, -0.25) is 0 Å². The van der Waals surface area contributed by atoms with Gasteiger partial charge in [-0.1, -0.05) is 12.5 Å². The molecule has 0 bridgehead atoms. The minimum atomic E-state index is -3.55. The van der Waals surface area contributed by atoms with E-state index in [2.05, 4.69) is 4.98 Å². The molecule has 0 saturated carbocycles. The number of hydrogen-bond donors (Lipinski definition) is 0. The summed E-state index contributed by atoms with van der Waals surface area (Å²) < 4.78 is 40.1. The van der Waals surface area contributed by atoms with Crippen molar-refractivity contribution in [2.45, 2.75) is 44.2 Å². The van der Waals surface area contributed by atoms with E-state index in [0.29, 0.717) is 42.3 Å². The number of esters is 1. The summed E-state index contributed by atoms with van der Waals surface area (Å²) in [4.78, 5) is 17.3. The van der Waals surface area contributed by atoms with Gasteiger partial charge in [0.15, 0.2) is 0 Å². The van der Waals surface area contributed by atoms with Crippen molar-refractivity contribution in [3.8, 4) is 5.75 Å². The number of carbonyl (C=O) groups excluding carboxylic acids is 1. The number of fused-ring (bicyclic) bond motifs is 1. The molecule has 2 heterocycles. The number of sulfonamides is 1. The van der Waals surface area contributed by atoms with Gasteiger partial charge in [-0.05, 0) is 56.2 Å². The first-order valence-electron chi connectivity index (χ1n) is 10.7. The van der Waals surface area contributed by atoms with Gasteiger partial charge in [-0.15, -0.1) is 0 Å². The topological polar surface area (TPSA) is 90.7 Å². The van der Waals surface area contributed by atoms with Crippen LogP contribution in [0.5, 0.6) is 5.75 Å². The van der Waals surface area contributed by atoms with Crippen molar-refractivity contribution in [2.75, 3.05) is 20.2 Å². The molecule has 1 aliphatic rings. The molecular weight excluding hydrogens is 430 g/mol. The summed E-state index contributed by atoms with van der Waals surface area (Å²) in [7, 11) is -2.01. The van der Waals surface area contributed by atoms with E-state index >= 15 is 0 Å². The smallest absolute Gasteiger partial charge is 0.338 e. The Bertz CT molecular complexity index is 1230. The number of piperidine rings is 1. The summed E-state index contributed by atoms with van der Waals surface area (Å²) in [5.41, 5.74) is 1.76. The van der Waals surface area contributed by atoms with Gasteiger partial charge in [-0.25, -0.2) is 18.2 Å². The second kappa shape index (κ2) is 9.30. The maximum Gasteiger partial charge on any atom is 0.338 e. The number of aromatic nitrogens is 2. The average Bonchev–Trinajstić information content (AvgIpc) is 3.19. The average molecular weight is 458 g/mol. The summed E-state index contributed by atoms with van der Waals surface area (Å²) in [6.45, 7) is 3.66. The Morgan fingerprint density at radius 2 is 1.88 bits per heavy atom. The molecule has 0 atom stereocenters. The molecule has 3 aromatic rings. The number of nitrogens with zero attached hydrogens (tertiary/aromatic N) is 3. The van der Waals surface area contributed by atoms with Gasteiger partial charge in [0.25, 0.3) is 0 Å². The highest BCUT2D eigenvalue weighted by Gasteiger charge is 2.26. The van der Waals surface area contributed by atoms with E-state index < -0.39 is 16.0 Å². The first-order chi connectivity index (χ1) is 15.4. The molecule has 170 valence electrons. The number of carbonyl (C=O) groups is 1. The maximum absolute atomic E-state index is 13.0. The van der Waals surface area contributed by atoms with Crippen molar-refractivity contribution >= 4 is 27.0 Å². The summed E-state index contributed by atoms with van der Waals surface area (Å²) in [6.07, 6.45) is 2.83. The molecule has 1 saturated heterocycles. The van der Waals surface area contributed by atoms with Gasteiger partial charge in [0.1, 0.15) is 18.2 Å². The molecule has 2 aromatic carbocycles. The fourth-order valence-corrected chi connectivity index (χ4v) is 5.54. The van der Waals surface area contributed by atoms with Crippen LogP contribution in [0.2, 0.25) is 0 Å². The second-order valence-electron chi connectivity index (χ2n) is 7.70. The van der Waals surface area contributed by atoms with Crippen LogP contribution < -0.4 is 4.74 Å². The van der Waals surface area contributed by atoms with Crippen molar-refractivity contribution in [3.05, 3.63) is 53.9 Å². The lowest BCUT2D eigenvalue weighted by Crippen LogP contribution is -2.35. The van der Waals surface area contributed by atoms with E-state index in [9.17, 15) is 13.2 Å². The van der Waals surface area contributed by atoms with E-state index in [1.807, 2.05) is 11.5 Å². The number of benzene rings is 2. The first-order valence-corrected chi connectivity index (χ1v) is 12.2. The fraction of sp³-hybridized carbons (Fsp3) is 0.391. The highest BCUT2D eigenvalue weighted by atomic mass is 32.2. The molecule has 0 spiro atoms. The van der Waals surface area contributed by atoms with Crippen LogP contribution in [0.4, 0.5) is 0 Å². The molecule has 9 heteroatoms. The fourth-order valence-electron chi connectivity index (χ4n) is 4.00.